The predicted octanol–water partition coefficient (Wildman–Crippen LogP) is 4.92. The Balaban J connectivity index is 1.27. The lowest BCUT2D eigenvalue weighted by Gasteiger charge is -2.34. The predicted molar refractivity (Wildman–Crippen MR) is 113 cm³/mol. The molecule has 5 heteroatoms. The van der Waals surface area contributed by atoms with Gasteiger partial charge in [0.05, 0.1) is 0 Å². The number of piperidine rings is 1. The zero-order chi connectivity index (χ0) is 19.9. The minimum Gasteiger partial charge on any atom is -0.444 e. The number of rotatable bonds is 3. The van der Waals surface area contributed by atoms with Crippen molar-refractivity contribution in [2.45, 2.75) is 76.4 Å². The number of fused-ring (bicyclic) bond motifs is 2. The van der Waals surface area contributed by atoms with Crippen LogP contribution in [0.1, 0.15) is 64.0 Å². The van der Waals surface area contributed by atoms with Crippen LogP contribution in [0.4, 0.5) is 4.79 Å². The number of aryl methyl sites for hydroxylation is 1. The van der Waals surface area contributed by atoms with Crippen molar-refractivity contribution in [3.8, 4) is 0 Å². The standard InChI is InChI=1S/C23H33ClN2O2/c1-22(2,3)28-21(27)26-11-8-16(9-12-26)15-25-20-14-23(20)10-4-5-17-6-7-18(24)13-19(17)23/h6-7,13,16,20,25H,4-5,8-12,14-15H2,1-3H3. The summed E-state index contributed by atoms with van der Waals surface area (Å²) < 4.78 is 5.50. The molecule has 1 amide bonds. The first-order valence-corrected chi connectivity index (χ1v) is 11.1. The first-order chi connectivity index (χ1) is 13.3. The van der Waals surface area contributed by atoms with Crippen molar-refractivity contribution in [3.63, 3.8) is 0 Å². The molecule has 0 bridgehead atoms. The molecule has 2 fully saturated rings. The average Bonchev–Trinajstić information content (AvgIpc) is 3.33. The van der Waals surface area contributed by atoms with E-state index in [1.54, 1.807) is 0 Å². The number of hydrogen-bond donors (Lipinski definition) is 1. The van der Waals surface area contributed by atoms with Crippen LogP contribution < -0.4 is 5.32 Å². The van der Waals surface area contributed by atoms with E-state index in [2.05, 4.69) is 17.4 Å². The van der Waals surface area contributed by atoms with Crippen LogP contribution in [-0.2, 0) is 16.6 Å². The highest BCUT2D eigenvalue weighted by molar-refractivity contribution is 6.30. The van der Waals surface area contributed by atoms with Crippen molar-refractivity contribution in [1.29, 1.82) is 0 Å². The number of likely N-dealkylation sites (tertiary alicyclic amines) is 1. The van der Waals surface area contributed by atoms with Crippen molar-refractivity contribution in [3.05, 3.63) is 34.3 Å². The third-order valence-electron chi connectivity index (χ3n) is 6.67. The van der Waals surface area contributed by atoms with Gasteiger partial charge in [0.15, 0.2) is 0 Å². The van der Waals surface area contributed by atoms with Crippen LogP contribution in [0, 0.1) is 5.92 Å². The van der Waals surface area contributed by atoms with E-state index in [-0.39, 0.29) is 6.09 Å². The minimum absolute atomic E-state index is 0.171. The van der Waals surface area contributed by atoms with Gasteiger partial charge in [-0.1, -0.05) is 17.7 Å². The second-order valence-corrected chi connectivity index (χ2v) is 10.3. The Morgan fingerprint density at radius 3 is 2.79 bits per heavy atom. The molecule has 0 radical (unpaired) electrons. The molecule has 1 spiro atoms. The molecule has 1 aromatic rings. The summed E-state index contributed by atoms with van der Waals surface area (Å²) in [7, 11) is 0. The van der Waals surface area contributed by atoms with E-state index in [1.165, 1.54) is 36.8 Å². The van der Waals surface area contributed by atoms with Gasteiger partial charge in [0, 0.05) is 29.6 Å². The number of carbonyl (C=O) groups excluding carboxylic acids is 1. The maximum absolute atomic E-state index is 12.2. The van der Waals surface area contributed by atoms with Crippen molar-refractivity contribution >= 4 is 17.7 Å². The highest BCUT2D eigenvalue weighted by Gasteiger charge is 2.56. The molecule has 1 saturated heterocycles. The number of halogens is 1. The van der Waals surface area contributed by atoms with Gasteiger partial charge in [0.25, 0.3) is 0 Å². The van der Waals surface area contributed by atoms with E-state index in [0.717, 1.165) is 37.5 Å². The molecular weight excluding hydrogens is 372 g/mol. The highest BCUT2D eigenvalue weighted by atomic mass is 35.5. The number of hydrogen-bond acceptors (Lipinski definition) is 3. The van der Waals surface area contributed by atoms with Gasteiger partial charge in [-0.25, -0.2) is 4.79 Å². The molecular formula is C23H33ClN2O2. The van der Waals surface area contributed by atoms with Gasteiger partial charge in [-0.05, 0) is 95.0 Å². The fraction of sp³-hybridized carbons (Fsp3) is 0.696. The van der Waals surface area contributed by atoms with Crippen molar-refractivity contribution in [2.75, 3.05) is 19.6 Å². The summed E-state index contributed by atoms with van der Waals surface area (Å²) in [6, 6.07) is 7.04. The largest absolute Gasteiger partial charge is 0.444 e. The Morgan fingerprint density at radius 1 is 1.32 bits per heavy atom. The minimum atomic E-state index is -0.422. The first kappa shape index (κ1) is 20.0. The molecule has 1 aliphatic heterocycles. The molecule has 1 N–H and O–H groups in total. The van der Waals surface area contributed by atoms with E-state index in [0.29, 0.717) is 17.4 Å². The Bertz CT molecular complexity index is 737. The van der Waals surface area contributed by atoms with Crippen molar-refractivity contribution in [2.24, 2.45) is 5.92 Å². The van der Waals surface area contributed by atoms with Gasteiger partial charge in [-0.3, -0.25) is 0 Å². The Morgan fingerprint density at radius 2 is 2.07 bits per heavy atom. The topological polar surface area (TPSA) is 41.6 Å². The zero-order valence-electron chi connectivity index (χ0n) is 17.4. The number of amides is 1. The molecule has 1 aromatic carbocycles. The molecule has 154 valence electrons. The van der Waals surface area contributed by atoms with Gasteiger partial charge in [0.2, 0.25) is 0 Å². The Labute approximate surface area is 174 Å². The summed E-state index contributed by atoms with van der Waals surface area (Å²) in [5.74, 6) is 0.638. The van der Waals surface area contributed by atoms with Crippen LogP contribution in [0.5, 0.6) is 0 Å². The second-order valence-electron chi connectivity index (χ2n) is 9.89. The first-order valence-electron chi connectivity index (χ1n) is 10.8. The number of ether oxygens (including phenoxy) is 1. The number of nitrogens with zero attached hydrogens (tertiary/aromatic N) is 1. The second kappa shape index (κ2) is 7.53. The summed E-state index contributed by atoms with van der Waals surface area (Å²) >= 11 is 6.29. The summed E-state index contributed by atoms with van der Waals surface area (Å²) in [6.45, 7) is 8.41. The van der Waals surface area contributed by atoms with Crippen LogP contribution in [0.2, 0.25) is 5.02 Å². The third kappa shape index (κ3) is 4.18. The van der Waals surface area contributed by atoms with E-state index in [9.17, 15) is 4.79 Å². The quantitative estimate of drug-likeness (QED) is 0.777. The van der Waals surface area contributed by atoms with Crippen LogP contribution in [-0.4, -0.2) is 42.3 Å². The van der Waals surface area contributed by atoms with Crippen LogP contribution in [0.15, 0.2) is 18.2 Å². The molecule has 2 atom stereocenters. The normalized spacial score (nSPS) is 27.6. The van der Waals surface area contributed by atoms with Crippen molar-refractivity contribution < 1.29 is 9.53 Å². The summed E-state index contributed by atoms with van der Waals surface area (Å²) in [5, 5.41) is 4.71. The van der Waals surface area contributed by atoms with Crippen LogP contribution in [0.3, 0.4) is 0 Å². The van der Waals surface area contributed by atoms with Gasteiger partial charge < -0.3 is 15.0 Å². The SMILES string of the molecule is CC(C)(C)OC(=O)N1CCC(CNC2CC23CCCc2ccc(Cl)cc23)CC1. The maximum Gasteiger partial charge on any atom is 0.410 e. The van der Waals surface area contributed by atoms with Gasteiger partial charge in [-0.15, -0.1) is 0 Å². The van der Waals surface area contributed by atoms with E-state index >= 15 is 0 Å². The Kier molecular flexibility index (Phi) is 5.39. The zero-order valence-corrected chi connectivity index (χ0v) is 18.1. The number of carbonyl (C=O) groups is 1. The lowest BCUT2D eigenvalue weighted by Crippen LogP contribution is -2.43. The summed E-state index contributed by atoms with van der Waals surface area (Å²) in [5.41, 5.74) is 2.87. The maximum atomic E-state index is 12.2. The molecule has 3 aliphatic rings. The third-order valence-corrected chi connectivity index (χ3v) is 6.91. The van der Waals surface area contributed by atoms with Gasteiger partial charge >= 0.3 is 6.09 Å². The molecule has 1 heterocycles. The fourth-order valence-electron chi connectivity index (χ4n) is 5.06. The summed E-state index contributed by atoms with van der Waals surface area (Å²) in [4.78, 5) is 14.1. The molecule has 28 heavy (non-hydrogen) atoms. The summed E-state index contributed by atoms with van der Waals surface area (Å²) in [6.07, 6.45) is 6.90. The van der Waals surface area contributed by atoms with Crippen LogP contribution >= 0.6 is 11.6 Å². The molecule has 4 rings (SSSR count). The average molecular weight is 405 g/mol. The fourth-order valence-corrected chi connectivity index (χ4v) is 5.23. The van der Waals surface area contributed by atoms with Crippen LogP contribution in [0.25, 0.3) is 0 Å². The lowest BCUT2D eigenvalue weighted by molar-refractivity contribution is 0.0184. The highest BCUT2D eigenvalue weighted by Crippen LogP contribution is 2.56. The smallest absolute Gasteiger partial charge is 0.410 e. The van der Waals surface area contributed by atoms with Gasteiger partial charge in [0.1, 0.15) is 5.60 Å². The molecule has 1 saturated carbocycles. The van der Waals surface area contributed by atoms with E-state index < -0.39 is 5.60 Å². The molecule has 0 aromatic heterocycles. The number of benzene rings is 1. The molecule has 2 aliphatic carbocycles. The number of nitrogens with one attached hydrogen (secondary N) is 1. The van der Waals surface area contributed by atoms with E-state index in [1.807, 2.05) is 31.7 Å². The lowest BCUT2D eigenvalue weighted by atomic mass is 9.79. The Hall–Kier alpha value is -1.26. The van der Waals surface area contributed by atoms with E-state index in [4.69, 9.17) is 16.3 Å². The molecule has 4 nitrogen and oxygen atoms in total. The molecule has 2 unspecified atom stereocenters. The van der Waals surface area contributed by atoms with Crippen molar-refractivity contribution in [1.82, 2.24) is 10.2 Å². The monoisotopic (exact) mass is 404 g/mol. The van der Waals surface area contributed by atoms with Gasteiger partial charge in [-0.2, -0.15) is 0 Å².